The maximum Gasteiger partial charge on any atom is 0.341 e. The van der Waals surface area contributed by atoms with Gasteiger partial charge in [0.2, 0.25) is 0 Å². The molecule has 4 rings (SSSR count). The molecule has 0 atom stereocenters. The first-order chi connectivity index (χ1) is 16.2. The lowest BCUT2D eigenvalue weighted by Gasteiger charge is -2.33. The lowest BCUT2D eigenvalue weighted by molar-refractivity contribution is -1.11. The van der Waals surface area contributed by atoms with E-state index in [2.05, 4.69) is 4.99 Å². The first-order valence-corrected chi connectivity index (χ1v) is 11.7. The second-order valence-electron chi connectivity index (χ2n) is 9.62. The van der Waals surface area contributed by atoms with E-state index in [9.17, 15) is 10.0 Å². The van der Waals surface area contributed by atoms with E-state index in [0.29, 0.717) is 56.5 Å². The SMILES string of the molecule is CN=C1C(C(=O)OC(C)(C)C)=C(c2ccccc2)c2ccc(OCC[N+]3(O)CCOCC3)cc21. The molecule has 0 bridgehead atoms. The van der Waals surface area contributed by atoms with Gasteiger partial charge < -0.3 is 14.2 Å². The van der Waals surface area contributed by atoms with E-state index in [1.165, 1.54) is 0 Å². The Labute approximate surface area is 200 Å². The molecule has 1 N–H and O–H groups in total. The van der Waals surface area contributed by atoms with Gasteiger partial charge in [-0.3, -0.25) is 4.99 Å². The number of carbonyl (C=O) groups is 1. The predicted octanol–water partition coefficient (Wildman–Crippen LogP) is 3.88. The molecule has 2 aliphatic rings. The molecule has 0 unspecified atom stereocenters. The van der Waals surface area contributed by atoms with Crippen LogP contribution in [0.5, 0.6) is 5.75 Å². The number of morpholine rings is 1. The fourth-order valence-electron chi connectivity index (χ4n) is 4.32. The molecule has 7 nitrogen and oxygen atoms in total. The number of fused-ring (bicyclic) bond motifs is 1. The number of carbonyl (C=O) groups excluding carboxylic acids is 1. The van der Waals surface area contributed by atoms with Gasteiger partial charge in [0.25, 0.3) is 0 Å². The van der Waals surface area contributed by atoms with Crippen molar-refractivity contribution in [3.63, 3.8) is 0 Å². The van der Waals surface area contributed by atoms with Gasteiger partial charge in [0.15, 0.2) is 0 Å². The van der Waals surface area contributed by atoms with Crippen molar-refractivity contribution < 1.29 is 28.9 Å². The second-order valence-corrected chi connectivity index (χ2v) is 9.62. The number of benzene rings is 2. The Balaban J connectivity index is 1.64. The highest BCUT2D eigenvalue weighted by Gasteiger charge is 2.36. The number of nitrogens with zero attached hydrogens (tertiary/aromatic N) is 2. The van der Waals surface area contributed by atoms with Gasteiger partial charge in [0.1, 0.15) is 37.6 Å². The molecule has 0 aromatic heterocycles. The van der Waals surface area contributed by atoms with Crippen LogP contribution in [0.1, 0.15) is 37.5 Å². The van der Waals surface area contributed by atoms with Crippen molar-refractivity contribution >= 4 is 17.3 Å². The number of aliphatic imine (C=N–C) groups is 1. The van der Waals surface area contributed by atoms with E-state index in [4.69, 9.17) is 14.2 Å². The van der Waals surface area contributed by atoms with Crippen molar-refractivity contribution in [3.8, 4) is 5.75 Å². The highest BCUT2D eigenvalue weighted by Crippen LogP contribution is 2.40. The average molecular weight is 466 g/mol. The maximum absolute atomic E-state index is 13.3. The summed E-state index contributed by atoms with van der Waals surface area (Å²) in [5.74, 6) is 0.266. The van der Waals surface area contributed by atoms with Crippen molar-refractivity contribution in [1.29, 1.82) is 0 Å². The summed E-state index contributed by atoms with van der Waals surface area (Å²) in [6.07, 6.45) is 0. The van der Waals surface area contributed by atoms with Crippen LogP contribution in [0.2, 0.25) is 0 Å². The van der Waals surface area contributed by atoms with Gasteiger partial charge in [0.05, 0.1) is 24.5 Å². The van der Waals surface area contributed by atoms with Gasteiger partial charge in [-0.1, -0.05) is 30.3 Å². The molecule has 2 aromatic carbocycles. The van der Waals surface area contributed by atoms with Crippen molar-refractivity contribution in [1.82, 2.24) is 0 Å². The average Bonchev–Trinajstić information content (AvgIpc) is 3.13. The third kappa shape index (κ3) is 5.22. The van der Waals surface area contributed by atoms with E-state index in [-0.39, 0.29) is 4.65 Å². The minimum absolute atomic E-state index is 0.0465. The summed E-state index contributed by atoms with van der Waals surface area (Å²) in [6, 6.07) is 15.6. The Kier molecular flexibility index (Phi) is 6.89. The third-order valence-electron chi connectivity index (χ3n) is 5.97. The lowest BCUT2D eigenvalue weighted by atomic mass is 9.97. The molecule has 180 valence electrons. The van der Waals surface area contributed by atoms with Crippen LogP contribution in [0.15, 0.2) is 59.1 Å². The van der Waals surface area contributed by atoms with Crippen LogP contribution in [-0.2, 0) is 14.3 Å². The standard InChI is InChI=1S/C27H33N2O5/c1-27(2,3)34-26(30)24-23(19-8-6-5-7-9-19)21-11-10-20(18-22(21)25(24)28-4)33-17-14-29(31)12-15-32-16-13-29/h5-11,18,31H,12-17H2,1-4H3/q+1. The number of quaternary nitrogens is 1. The van der Waals surface area contributed by atoms with Crippen molar-refractivity contribution in [2.45, 2.75) is 26.4 Å². The monoisotopic (exact) mass is 465 g/mol. The summed E-state index contributed by atoms with van der Waals surface area (Å²) in [6.45, 7) is 8.63. The van der Waals surface area contributed by atoms with Gasteiger partial charge >= 0.3 is 5.97 Å². The van der Waals surface area contributed by atoms with Crippen LogP contribution in [0, 0.1) is 0 Å². The number of esters is 1. The van der Waals surface area contributed by atoms with Crippen LogP contribution in [0.3, 0.4) is 0 Å². The smallest absolute Gasteiger partial charge is 0.341 e. The van der Waals surface area contributed by atoms with Crippen LogP contribution in [0.4, 0.5) is 0 Å². The fourth-order valence-corrected chi connectivity index (χ4v) is 4.32. The molecule has 34 heavy (non-hydrogen) atoms. The van der Waals surface area contributed by atoms with Crippen molar-refractivity contribution in [3.05, 3.63) is 70.8 Å². The van der Waals surface area contributed by atoms with E-state index in [0.717, 1.165) is 22.3 Å². The number of ether oxygens (including phenoxy) is 3. The molecule has 0 amide bonds. The molecule has 1 saturated heterocycles. The molecule has 0 spiro atoms. The van der Waals surface area contributed by atoms with Gasteiger partial charge in [-0.15, -0.1) is 0 Å². The van der Waals surface area contributed by atoms with Gasteiger partial charge in [0, 0.05) is 18.2 Å². The Bertz CT molecular complexity index is 1110. The number of hydroxylamine groups is 3. The summed E-state index contributed by atoms with van der Waals surface area (Å²) in [7, 11) is 1.68. The number of hydrogen-bond acceptors (Lipinski definition) is 6. The highest BCUT2D eigenvalue weighted by molar-refractivity contribution is 6.37. The normalized spacial score (nSPS) is 18.7. The fraction of sp³-hybridized carbons (Fsp3) is 0.407. The third-order valence-corrected chi connectivity index (χ3v) is 5.97. The molecular formula is C27H33N2O5+. The molecular weight excluding hydrogens is 432 g/mol. The summed E-state index contributed by atoms with van der Waals surface area (Å²) >= 11 is 0. The Hall–Kier alpha value is -3.00. The molecule has 0 saturated carbocycles. The van der Waals surface area contributed by atoms with E-state index < -0.39 is 11.6 Å². The lowest BCUT2D eigenvalue weighted by Crippen LogP contribution is -2.54. The summed E-state index contributed by atoms with van der Waals surface area (Å²) < 4.78 is 17.1. The second kappa shape index (κ2) is 9.70. The minimum Gasteiger partial charge on any atom is -0.488 e. The number of rotatable bonds is 6. The predicted molar refractivity (Wildman–Crippen MR) is 130 cm³/mol. The molecule has 1 heterocycles. The molecule has 1 aliphatic heterocycles. The van der Waals surface area contributed by atoms with Crippen LogP contribution in [-0.4, -0.2) is 73.6 Å². The van der Waals surface area contributed by atoms with Crippen LogP contribution in [0.25, 0.3) is 5.57 Å². The quantitative estimate of drug-likeness (QED) is 0.518. The zero-order chi connectivity index (χ0) is 24.3. The van der Waals surface area contributed by atoms with E-state index in [1.54, 1.807) is 7.05 Å². The summed E-state index contributed by atoms with van der Waals surface area (Å²) in [5, 5.41) is 10.6. The van der Waals surface area contributed by atoms with Gasteiger partial charge in [-0.05, 0) is 50.1 Å². The van der Waals surface area contributed by atoms with Crippen molar-refractivity contribution in [2.75, 3.05) is 46.5 Å². The highest BCUT2D eigenvalue weighted by atomic mass is 16.6. The molecule has 1 aliphatic carbocycles. The summed E-state index contributed by atoms with van der Waals surface area (Å²) in [4.78, 5) is 17.8. The topological polar surface area (TPSA) is 77.4 Å². The van der Waals surface area contributed by atoms with Crippen LogP contribution < -0.4 is 4.74 Å². The van der Waals surface area contributed by atoms with Gasteiger partial charge in [-0.2, -0.15) is 4.65 Å². The van der Waals surface area contributed by atoms with E-state index in [1.807, 2.05) is 69.3 Å². The molecule has 1 fully saturated rings. The minimum atomic E-state index is -0.629. The molecule has 7 heteroatoms. The zero-order valence-corrected chi connectivity index (χ0v) is 20.3. The Morgan fingerprint density at radius 2 is 1.79 bits per heavy atom. The maximum atomic E-state index is 13.3. The molecule has 2 aromatic rings. The largest absolute Gasteiger partial charge is 0.488 e. The molecule has 0 radical (unpaired) electrons. The Morgan fingerprint density at radius 1 is 1.09 bits per heavy atom. The van der Waals surface area contributed by atoms with Gasteiger partial charge in [-0.25, -0.2) is 10.0 Å². The Morgan fingerprint density at radius 3 is 2.44 bits per heavy atom. The van der Waals surface area contributed by atoms with E-state index >= 15 is 0 Å². The van der Waals surface area contributed by atoms with Crippen molar-refractivity contribution in [2.24, 2.45) is 4.99 Å². The first-order valence-electron chi connectivity index (χ1n) is 11.7. The summed E-state index contributed by atoms with van der Waals surface area (Å²) in [5.41, 5.74) is 3.91. The first kappa shape index (κ1) is 24.1. The zero-order valence-electron chi connectivity index (χ0n) is 20.3. The number of hydrogen-bond donors (Lipinski definition) is 1. The van der Waals surface area contributed by atoms with Crippen LogP contribution >= 0.6 is 0 Å².